The molecule has 32 heavy (non-hydrogen) atoms. The molecule has 0 aliphatic carbocycles. The first-order valence-electron chi connectivity index (χ1n) is 8.96. The molecule has 0 spiro atoms. The van der Waals surface area contributed by atoms with E-state index in [0.717, 1.165) is 0 Å². The van der Waals surface area contributed by atoms with Crippen molar-refractivity contribution in [1.82, 2.24) is 0 Å². The third-order valence-corrected chi connectivity index (χ3v) is 3.79. The zero-order chi connectivity index (χ0) is 24.1. The first-order valence-corrected chi connectivity index (χ1v) is 8.96. The van der Waals surface area contributed by atoms with Gasteiger partial charge in [0.05, 0.1) is 22.3 Å². The first kappa shape index (κ1) is 25.3. The number of hydrogen-bond acceptors (Lipinski definition) is 4. The van der Waals surface area contributed by atoms with E-state index in [1.807, 2.05) is 36.4 Å². The highest BCUT2D eigenvalue weighted by molar-refractivity contribution is 5.92. The van der Waals surface area contributed by atoms with Crippen LogP contribution in [0.2, 0.25) is 0 Å². The summed E-state index contributed by atoms with van der Waals surface area (Å²) in [5.74, 6) is -4.25. The van der Waals surface area contributed by atoms with E-state index in [0.29, 0.717) is 0 Å². The summed E-state index contributed by atoms with van der Waals surface area (Å²) in [5.41, 5.74) is 1.51. The summed E-state index contributed by atoms with van der Waals surface area (Å²) in [7, 11) is 0. The molecular formula is C24H20O8. The molecule has 0 fully saturated rings. The summed E-state index contributed by atoms with van der Waals surface area (Å²) in [5, 5.41) is 33.9. The maximum atomic E-state index is 10.3. The normalized spacial score (nSPS) is 9.12. The third kappa shape index (κ3) is 8.75. The standard InChI is InChI=1S/2C8H6O4.C8H8/c2*9-7(10)5-1-2-6(4-3-5)8(11)12;1-2-8-6-4-3-5-7-8/h2*1-4H,(H,9,10)(H,11,12);2-7H,1H2. The highest BCUT2D eigenvalue weighted by Crippen LogP contribution is 2.04. The molecular weight excluding hydrogens is 416 g/mol. The van der Waals surface area contributed by atoms with E-state index >= 15 is 0 Å². The lowest BCUT2D eigenvalue weighted by Crippen LogP contribution is -1.99. The van der Waals surface area contributed by atoms with Crippen molar-refractivity contribution in [2.45, 2.75) is 0 Å². The zero-order valence-corrected chi connectivity index (χ0v) is 16.7. The molecule has 3 rings (SSSR count). The minimum Gasteiger partial charge on any atom is -0.478 e. The SMILES string of the molecule is C=Cc1ccccc1.O=C(O)c1ccc(C(=O)O)cc1.O=C(O)c1ccc(C(=O)O)cc1. The predicted molar refractivity (Wildman–Crippen MR) is 117 cm³/mol. The van der Waals surface area contributed by atoms with E-state index in [2.05, 4.69) is 6.58 Å². The topological polar surface area (TPSA) is 149 Å². The molecule has 3 aromatic carbocycles. The van der Waals surface area contributed by atoms with Crippen LogP contribution in [0.5, 0.6) is 0 Å². The minimum absolute atomic E-state index is 0.0833. The van der Waals surface area contributed by atoms with E-state index in [1.54, 1.807) is 0 Å². The molecule has 0 bridgehead atoms. The molecule has 0 heterocycles. The van der Waals surface area contributed by atoms with Gasteiger partial charge in [-0.3, -0.25) is 0 Å². The van der Waals surface area contributed by atoms with Crippen molar-refractivity contribution >= 4 is 30.0 Å². The second-order valence-corrected chi connectivity index (χ2v) is 5.99. The van der Waals surface area contributed by atoms with Gasteiger partial charge in [0.2, 0.25) is 0 Å². The van der Waals surface area contributed by atoms with Crippen LogP contribution in [-0.4, -0.2) is 44.3 Å². The maximum absolute atomic E-state index is 10.3. The average Bonchev–Trinajstić information content (AvgIpc) is 2.80. The van der Waals surface area contributed by atoms with Gasteiger partial charge in [0.15, 0.2) is 0 Å². The van der Waals surface area contributed by atoms with Crippen LogP contribution in [0.1, 0.15) is 47.0 Å². The molecule has 164 valence electrons. The number of aromatic carboxylic acids is 4. The number of benzene rings is 3. The summed E-state index contributed by atoms with van der Waals surface area (Å²) < 4.78 is 0. The highest BCUT2D eigenvalue weighted by atomic mass is 16.4. The van der Waals surface area contributed by atoms with Gasteiger partial charge in [-0.15, -0.1) is 0 Å². The van der Waals surface area contributed by atoms with Gasteiger partial charge in [-0.1, -0.05) is 43.0 Å². The Balaban J connectivity index is 0.000000245. The second-order valence-electron chi connectivity index (χ2n) is 5.99. The lowest BCUT2D eigenvalue weighted by Gasteiger charge is -1.94. The van der Waals surface area contributed by atoms with Gasteiger partial charge >= 0.3 is 23.9 Å². The quantitative estimate of drug-likeness (QED) is 0.457. The number of carboxylic acids is 4. The smallest absolute Gasteiger partial charge is 0.335 e. The van der Waals surface area contributed by atoms with Crippen LogP contribution in [0.3, 0.4) is 0 Å². The third-order valence-electron chi connectivity index (χ3n) is 3.79. The summed E-state index contributed by atoms with van der Waals surface area (Å²) in [6.07, 6.45) is 1.83. The van der Waals surface area contributed by atoms with E-state index in [-0.39, 0.29) is 22.3 Å². The fourth-order valence-electron chi connectivity index (χ4n) is 2.10. The van der Waals surface area contributed by atoms with Crippen LogP contribution in [0.4, 0.5) is 0 Å². The Morgan fingerprint density at radius 3 is 0.906 bits per heavy atom. The van der Waals surface area contributed by atoms with Crippen molar-refractivity contribution in [3.8, 4) is 0 Å². The Labute approximate surface area is 183 Å². The van der Waals surface area contributed by atoms with E-state index in [1.165, 1.54) is 54.1 Å². The van der Waals surface area contributed by atoms with Gasteiger partial charge in [-0.05, 0) is 54.1 Å². The lowest BCUT2D eigenvalue weighted by molar-refractivity contribution is 0.0681. The van der Waals surface area contributed by atoms with Gasteiger partial charge in [-0.25, -0.2) is 19.2 Å². The molecule has 0 saturated carbocycles. The van der Waals surface area contributed by atoms with Crippen molar-refractivity contribution in [2.24, 2.45) is 0 Å². The van der Waals surface area contributed by atoms with Crippen molar-refractivity contribution in [3.05, 3.63) is 113 Å². The second kappa shape index (κ2) is 12.8. The Morgan fingerprint density at radius 2 is 0.750 bits per heavy atom. The number of carboxylic acid groups (broad SMARTS) is 4. The van der Waals surface area contributed by atoms with Crippen LogP contribution in [-0.2, 0) is 0 Å². The van der Waals surface area contributed by atoms with Crippen molar-refractivity contribution < 1.29 is 39.6 Å². The minimum atomic E-state index is -1.06. The molecule has 4 N–H and O–H groups in total. The Bertz CT molecular complexity index is 936. The Morgan fingerprint density at radius 1 is 0.500 bits per heavy atom. The zero-order valence-electron chi connectivity index (χ0n) is 16.7. The van der Waals surface area contributed by atoms with E-state index in [4.69, 9.17) is 20.4 Å². The van der Waals surface area contributed by atoms with Crippen LogP contribution in [0, 0.1) is 0 Å². The van der Waals surface area contributed by atoms with Gasteiger partial charge in [0.25, 0.3) is 0 Å². The molecule has 0 aromatic heterocycles. The highest BCUT2D eigenvalue weighted by Gasteiger charge is 2.05. The summed E-state index contributed by atoms with van der Waals surface area (Å²) in [6, 6.07) is 20.1. The fourth-order valence-corrected chi connectivity index (χ4v) is 2.10. The van der Waals surface area contributed by atoms with Crippen molar-refractivity contribution in [2.75, 3.05) is 0 Å². The van der Waals surface area contributed by atoms with Crippen LogP contribution in [0.15, 0.2) is 85.4 Å². The van der Waals surface area contributed by atoms with Gasteiger partial charge in [-0.2, -0.15) is 0 Å². The molecule has 8 heteroatoms. The molecule has 0 aliphatic rings. The fraction of sp³-hybridized carbons (Fsp3) is 0. The molecule has 0 amide bonds. The molecule has 8 nitrogen and oxygen atoms in total. The number of carbonyl (C=O) groups is 4. The van der Waals surface area contributed by atoms with Crippen molar-refractivity contribution in [1.29, 1.82) is 0 Å². The molecule has 0 unspecified atom stereocenters. The van der Waals surface area contributed by atoms with Gasteiger partial charge in [0, 0.05) is 0 Å². The molecule has 0 aliphatic heterocycles. The maximum Gasteiger partial charge on any atom is 0.335 e. The van der Waals surface area contributed by atoms with E-state index in [9.17, 15) is 19.2 Å². The number of hydrogen-bond donors (Lipinski definition) is 4. The average molecular weight is 436 g/mol. The Hall–Kier alpha value is -4.72. The summed E-state index contributed by atoms with van der Waals surface area (Å²) in [4.78, 5) is 41.3. The summed E-state index contributed by atoms with van der Waals surface area (Å²) in [6.45, 7) is 3.63. The molecule has 3 aromatic rings. The molecule has 0 saturated heterocycles. The molecule has 0 atom stereocenters. The van der Waals surface area contributed by atoms with E-state index < -0.39 is 23.9 Å². The first-order chi connectivity index (χ1) is 15.1. The largest absolute Gasteiger partial charge is 0.478 e. The summed E-state index contributed by atoms with van der Waals surface area (Å²) >= 11 is 0. The number of rotatable bonds is 5. The van der Waals surface area contributed by atoms with Crippen LogP contribution < -0.4 is 0 Å². The van der Waals surface area contributed by atoms with Crippen molar-refractivity contribution in [3.63, 3.8) is 0 Å². The Kier molecular flexibility index (Phi) is 10.1. The van der Waals surface area contributed by atoms with Gasteiger partial charge < -0.3 is 20.4 Å². The van der Waals surface area contributed by atoms with Gasteiger partial charge in [0.1, 0.15) is 0 Å². The lowest BCUT2D eigenvalue weighted by atomic mass is 10.1. The molecule has 0 radical (unpaired) electrons. The van der Waals surface area contributed by atoms with Crippen LogP contribution >= 0.6 is 0 Å². The monoisotopic (exact) mass is 436 g/mol. The van der Waals surface area contributed by atoms with Crippen LogP contribution in [0.25, 0.3) is 6.08 Å². The predicted octanol–water partition coefficient (Wildman–Crippen LogP) is 4.50.